The van der Waals surface area contributed by atoms with Crippen molar-refractivity contribution in [2.24, 2.45) is 0 Å². The third-order valence-corrected chi connectivity index (χ3v) is 16.3. The zero-order valence-electron chi connectivity index (χ0n) is 42.4. The molecule has 0 N–H and O–H groups in total. The summed E-state index contributed by atoms with van der Waals surface area (Å²) < 4.78 is 12.6. The summed E-state index contributed by atoms with van der Waals surface area (Å²) in [4.78, 5) is 0. The third-order valence-electron chi connectivity index (χ3n) is 16.3. The van der Waals surface area contributed by atoms with E-state index in [2.05, 4.69) is 261 Å². The first-order chi connectivity index (χ1) is 38.7. The SMILES string of the molecule is c1ccc(-c2c3ccccc3c(-c3ccc(-c4ccc(-c5c6ccccc6c(-c6ccccc6)c6cc(-c7ccc8oc9ccccc9c8c7)ccc56)cc4)cc3)c3cc(-c4cccc5oc6ccccc6c45)ccc23)cc1. The Morgan fingerprint density at radius 1 is 0.167 bits per heavy atom. The standard InChI is InChI=1S/C76H46O2/c1-3-16-49(17-4-1)72-58-21-7-10-24-61(58)75(67-46-55(39-42-63(67)72)56-26-15-29-71-76(56)64-25-12-14-28-69(64)78-71)52-36-32-48(33-37-52)47-30-34-51(35-31-47)73-59-22-8-9-23-60(59)74(50-18-5-2-6-19-50)66-45-53(38-41-62(66)73)54-40-43-70-65(44-54)57-20-11-13-27-68(57)77-70/h1-46H. The van der Waals surface area contributed by atoms with Crippen molar-refractivity contribution in [3.63, 3.8) is 0 Å². The highest BCUT2D eigenvalue weighted by Crippen LogP contribution is 2.48. The Morgan fingerprint density at radius 2 is 0.500 bits per heavy atom. The number of rotatable bonds is 7. The monoisotopic (exact) mass is 990 g/mol. The highest BCUT2D eigenvalue weighted by Gasteiger charge is 2.21. The summed E-state index contributed by atoms with van der Waals surface area (Å²) in [6.07, 6.45) is 0. The molecule has 0 aliphatic rings. The van der Waals surface area contributed by atoms with Crippen molar-refractivity contribution < 1.29 is 8.83 Å². The van der Waals surface area contributed by atoms with E-state index in [4.69, 9.17) is 8.83 Å². The van der Waals surface area contributed by atoms with Gasteiger partial charge < -0.3 is 8.83 Å². The Bertz CT molecular complexity index is 5040. The predicted octanol–water partition coefficient (Wildman–Crippen LogP) is 21.8. The molecular weight excluding hydrogens is 945 g/mol. The van der Waals surface area contributed by atoms with E-state index in [-0.39, 0.29) is 0 Å². The van der Waals surface area contributed by atoms with Crippen molar-refractivity contribution in [3.8, 4) is 77.9 Å². The van der Waals surface area contributed by atoms with Gasteiger partial charge in [0, 0.05) is 21.5 Å². The van der Waals surface area contributed by atoms with Gasteiger partial charge in [0.2, 0.25) is 0 Å². The molecule has 0 saturated carbocycles. The molecule has 78 heavy (non-hydrogen) atoms. The maximum Gasteiger partial charge on any atom is 0.136 e. The second-order valence-corrected chi connectivity index (χ2v) is 20.6. The highest BCUT2D eigenvalue weighted by molar-refractivity contribution is 6.24. The molecular formula is C76H46O2. The van der Waals surface area contributed by atoms with Gasteiger partial charge in [-0.05, 0) is 163 Å². The van der Waals surface area contributed by atoms with Crippen LogP contribution in [0.1, 0.15) is 0 Å². The summed E-state index contributed by atoms with van der Waals surface area (Å²) >= 11 is 0. The summed E-state index contributed by atoms with van der Waals surface area (Å²) in [5.74, 6) is 0. The van der Waals surface area contributed by atoms with E-state index >= 15 is 0 Å². The second-order valence-electron chi connectivity index (χ2n) is 20.6. The Hall–Kier alpha value is -10.3. The van der Waals surface area contributed by atoms with Gasteiger partial charge in [-0.25, -0.2) is 0 Å². The number of hydrogen-bond acceptors (Lipinski definition) is 2. The first-order valence-corrected chi connectivity index (χ1v) is 26.8. The van der Waals surface area contributed by atoms with E-state index in [0.717, 1.165) is 60.6 Å². The summed E-state index contributed by atoms with van der Waals surface area (Å²) in [5, 5.41) is 14.3. The normalized spacial score (nSPS) is 11.8. The van der Waals surface area contributed by atoms with Crippen molar-refractivity contribution in [1.82, 2.24) is 0 Å². The molecule has 0 radical (unpaired) electrons. The first kappa shape index (κ1) is 44.1. The Morgan fingerprint density at radius 3 is 1.05 bits per heavy atom. The van der Waals surface area contributed by atoms with Gasteiger partial charge in [0.25, 0.3) is 0 Å². The maximum absolute atomic E-state index is 6.39. The van der Waals surface area contributed by atoms with Crippen LogP contribution in [-0.2, 0) is 0 Å². The lowest BCUT2D eigenvalue weighted by Gasteiger charge is -2.19. The second kappa shape index (κ2) is 17.7. The predicted molar refractivity (Wildman–Crippen MR) is 329 cm³/mol. The quantitative estimate of drug-likeness (QED) is 0.149. The highest BCUT2D eigenvalue weighted by atomic mass is 16.3. The minimum absolute atomic E-state index is 0.896. The van der Waals surface area contributed by atoms with E-state index in [0.29, 0.717) is 0 Å². The molecule has 362 valence electrons. The Labute approximate surface area is 450 Å². The van der Waals surface area contributed by atoms with Crippen molar-refractivity contribution in [2.75, 3.05) is 0 Å². The summed E-state index contributed by atoms with van der Waals surface area (Å²) in [7, 11) is 0. The van der Waals surface area contributed by atoms with Gasteiger partial charge in [0.15, 0.2) is 0 Å². The average molecular weight is 991 g/mol. The van der Waals surface area contributed by atoms with Gasteiger partial charge >= 0.3 is 0 Å². The van der Waals surface area contributed by atoms with Crippen LogP contribution in [0.4, 0.5) is 0 Å². The molecule has 2 heterocycles. The van der Waals surface area contributed by atoms with Crippen LogP contribution in [0, 0.1) is 0 Å². The van der Waals surface area contributed by atoms with Crippen LogP contribution < -0.4 is 0 Å². The number of benzene rings is 14. The molecule has 0 spiro atoms. The zero-order chi connectivity index (χ0) is 51.3. The van der Waals surface area contributed by atoms with Crippen molar-refractivity contribution >= 4 is 87.0 Å². The molecule has 0 fully saturated rings. The topological polar surface area (TPSA) is 26.3 Å². The number of hydrogen-bond donors (Lipinski definition) is 0. The van der Waals surface area contributed by atoms with Crippen LogP contribution in [0.5, 0.6) is 0 Å². The average Bonchev–Trinajstić information content (AvgIpc) is 4.19. The summed E-state index contributed by atoms with van der Waals surface area (Å²) in [6, 6.07) is 102. The van der Waals surface area contributed by atoms with Gasteiger partial charge in [-0.15, -0.1) is 0 Å². The minimum atomic E-state index is 0.896. The van der Waals surface area contributed by atoms with Crippen LogP contribution in [0.3, 0.4) is 0 Å². The van der Waals surface area contributed by atoms with Gasteiger partial charge in [-0.1, -0.05) is 237 Å². The van der Waals surface area contributed by atoms with E-state index in [1.165, 1.54) is 104 Å². The number of furan rings is 2. The van der Waals surface area contributed by atoms with E-state index in [9.17, 15) is 0 Å². The molecule has 16 rings (SSSR count). The molecule has 0 atom stereocenters. The van der Waals surface area contributed by atoms with E-state index < -0.39 is 0 Å². The molecule has 16 aromatic rings. The lowest BCUT2D eigenvalue weighted by Crippen LogP contribution is -1.92. The Kier molecular flexibility index (Phi) is 9.98. The van der Waals surface area contributed by atoms with E-state index in [1.54, 1.807) is 0 Å². The van der Waals surface area contributed by atoms with Gasteiger partial charge in [0.1, 0.15) is 22.3 Å². The van der Waals surface area contributed by atoms with Gasteiger partial charge in [-0.3, -0.25) is 0 Å². The molecule has 2 nitrogen and oxygen atoms in total. The van der Waals surface area contributed by atoms with Gasteiger partial charge in [-0.2, -0.15) is 0 Å². The first-order valence-electron chi connectivity index (χ1n) is 26.8. The van der Waals surface area contributed by atoms with Crippen LogP contribution in [0.2, 0.25) is 0 Å². The third kappa shape index (κ3) is 6.97. The summed E-state index contributed by atoms with van der Waals surface area (Å²) in [6.45, 7) is 0. The lowest BCUT2D eigenvalue weighted by molar-refractivity contribution is 0.668. The van der Waals surface area contributed by atoms with Crippen LogP contribution in [0.25, 0.3) is 165 Å². The van der Waals surface area contributed by atoms with E-state index in [1.807, 2.05) is 18.2 Å². The maximum atomic E-state index is 6.39. The minimum Gasteiger partial charge on any atom is -0.456 e. The molecule has 0 aliphatic heterocycles. The van der Waals surface area contributed by atoms with Crippen molar-refractivity contribution in [3.05, 3.63) is 279 Å². The molecule has 0 unspecified atom stereocenters. The molecule has 0 amide bonds. The summed E-state index contributed by atoms with van der Waals surface area (Å²) in [5.41, 5.74) is 20.3. The largest absolute Gasteiger partial charge is 0.456 e. The molecule has 2 aromatic heterocycles. The fourth-order valence-electron chi connectivity index (χ4n) is 12.7. The molecule has 0 aliphatic carbocycles. The fraction of sp³-hybridized carbons (Fsp3) is 0. The zero-order valence-corrected chi connectivity index (χ0v) is 42.4. The van der Waals surface area contributed by atoms with Crippen LogP contribution in [-0.4, -0.2) is 0 Å². The number of fused-ring (bicyclic) bond motifs is 10. The van der Waals surface area contributed by atoms with Crippen molar-refractivity contribution in [2.45, 2.75) is 0 Å². The smallest absolute Gasteiger partial charge is 0.136 e. The molecule has 0 bridgehead atoms. The fourth-order valence-corrected chi connectivity index (χ4v) is 12.7. The molecule has 2 heteroatoms. The number of para-hydroxylation sites is 2. The molecule has 0 saturated heterocycles. The Balaban J connectivity index is 0.825. The van der Waals surface area contributed by atoms with Crippen molar-refractivity contribution in [1.29, 1.82) is 0 Å². The van der Waals surface area contributed by atoms with Crippen LogP contribution >= 0.6 is 0 Å². The van der Waals surface area contributed by atoms with Crippen LogP contribution in [0.15, 0.2) is 288 Å². The van der Waals surface area contributed by atoms with Gasteiger partial charge in [0.05, 0.1) is 0 Å². The molecule has 14 aromatic carbocycles. The lowest BCUT2D eigenvalue weighted by atomic mass is 9.84.